The second-order valence-corrected chi connectivity index (χ2v) is 8.30. The second kappa shape index (κ2) is 6.57. The zero-order valence-electron chi connectivity index (χ0n) is 15.4. The van der Waals surface area contributed by atoms with Crippen molar-refractivity contribution in [1.82, 2.24) is 24.9 Å². The number of likely N-dealkylation sites (tertiary alicyclic amines) is 2. The van der Waals surface area contributed by atoms with Crippen LogP contribution in [0.3, 0.4) is 0 Å². The standard InChI is InChI=1S/C18H28N6O2/c1-22-6-3-18(11-22)4-7-23(12-18)17(26)20-9-13-2-5-24-15(8-13)14(10-21-24)16(19)25/h10,13H,2-9,11-12H2,1H3,(H2,19,25)(H,20,26). The van der Waals surface area contributed by atoms with Gasteiger partial charge < -0.3 is 20.9 Å². The van der Waals surface area contributed by atoms with Crippen molar-refractivity contribution in [2.45, 2.75) is 32.2 Å². The van der Waals surface area contributed by atoms with Gasteiger partial charge in [0.05, 0.1) is 17.5 Å². The number of aromatic nitrogens is 2. The number of carbonyl (C=O) groups is 2. The summed E-state index contributed by atoms with van der Waals surface area (Å²) >= 11 is 0. The number of aryl methyl sites for hydroxylation is 1. The molecule has 1 aromatic heterocycles. The van der Waals surface area contributed by atoms with E-state index in [2.05, 4.69) is 22.4 Å². The molecule has 3 amide bonds. The molecule has 3 N–H and O–H groups in total. The molecule has 0 bridgehead atoms. The van der Waals surface area contributed by atoms with Crippen LogP contribution in [0.25, 0.3) is 0 Å². The number of carbonyl (C=O) groups excluding carboxylic acids is 2. The Morgan fingerprint density at radius 2 is 2.12 bits per heavy atom. The highest BCUT2D eigenvalue weighted by Gasteiger charge is 2.43. The highest BCUT2D eigenvalue weighted by molar-refractivity contribution is 5.93. The lowest BCUT2D eigenvalue weighted by molar-refractivity contribution is 0.0998. The number of rotatable bonds is 3. The molecule has 0 aromatic carbocycles. The predicted octanol–water partition coefficient (Wildman–Crippen LogP) is 0.282. The van der Waals surface area contributed by atoms with Crippen molar-refractivity contribution in [3.8, 4) is 0 Å². The average molecular weight is 360 g/mol. The maximum atomic E-state index is 12.6. The van der Waals surface area contributed by atoms with E-state index in [0.29, 0.717) is 23.4 Å². The molecule has 26 heavy (non-hydrogen) atoms. The van der Waals surface area contributed by atoms with Crippen LogP contribution in [0.15, 0.2) is 6.20 Å². The quantitative estimate of drug-likeness (QED) is 0.809. The summed E-state index contributed by atoms with van der Waals surface area (Å²) in [6, 6.07) is 0.0469. The van der Waals surface area contributed by atoms with E-state index in [1.807, 2.05) is 9.58 Å². The molecule has 3 aliphatic heterocycles. The Hall–Kier alpha value is -2.09. The fourth-order valence-electron chi connectivity index (χ4n) is 4.82. The first-order valence-electron chi connectivity index (χ1n) is 9.52. The summed E-state index contributed by atoms with van der Waals surface area (Å²) in [6.45, 7) is 5.34. The largest absolute Gasteiger partial charge is 0.365 e. The third kappa shape index (κ3) is 3.18. The van der Waals surface area contributed by atoms with Crippen molar-refractivity contribution in [3.63, 3.8) is 0 Å². The zero-order valence-corrected chi connectivity index (χ0v) is 15.4. The van der Waals surface area contributed by atoms with Crippen molar-refractivity contribution < 1.29 is 9.59 Å². The average Bonchev–Trinajstić information content (AvgIpc) is 3.31. The Bertz CT molecular complexity index is 717. The van der Waals surface area contributed by atoms with Gasteiger partial charge in [-0.1, -0.05) is 0 Å². The normalized spacial score (nSPS) is 28.5. The third-order valence-electron chi connectivity index (χ3n) is 6.34. The first-order valence-corrected chi connectivity index (χ1v) is 9.52. The Kier molecular flexibility index (Phi) is 4.38. The maximum Gasteiger partial charge on any atom is 0.317 e. The minimum atomic E-state index is -0.431. The Balaban J connectivity index is 1.30. The molecule has 2 unspecified atom stereocenters. The van der Waals surface area contributed by atoms with Gasteiger partial charge in [0.2, 0.25) is 0 Å². The minimum Gasteiger partial charge on any atom is -0.365 e. The SMILES string of the molecule is CN1CCC2(CCN(C(=O)NCC3CCn4ncc(C(N)=O)c4C3)C2)C1. The zero-order chi connectivity index (χ0) is 18.3. The Morgan fingerprint density at radius 3 is 2.85 bits per heavy atom. The number of hydrogen-bond acceptors (Lipinski definition) is 4. The highest BCUT2D eigenvalue weighted by Crippen LogP contribution is 2.38. The molecule has 4 rings (SSSR count). The molecule has 142 valence electrons. The number of fused-ring (bicyclic) bond motifs is 1. The molecular formula is C18H28N6O2. The molecule has 2 saturated heterocycles. The number of urea groups is 1. The minimum absolute atomic E-state index is 0.0469. The first-order chi connectivity index (χ1) is 12.5. The fraction of sp³-hybridized carbons (Fsp3) is 0.722. The van der Waals surface area contributed by atoms with Gasteiger partial charge in [0, 0.05) is 38.1 Å². The molecule has 4 heterocycles. The van der Waals surface area contributed by atoms with Crippen molar-refractivity contribution >= 4 is 11.9 Å². The van der Waals surface area contributed by atoms with Crippen LogP contribution >= 0.6 is 0 Å². The van der Waals surface area contributed by atoms with Crippen LogP contribution in [0.5, 0.6) is 0 Å². The summed E-state index contributed by atoms with van der Waals surface area (Å²) in [5, 5.41) is 7.34. The van der Waals surface area contributed by atoms with Crippen LogP contribution in [-0.4, -0.2) is 71.3 Å². The van der Waals surface area contributed by atoms with Crippen LogP contribution in [-0.2, 0) is 13.0 Å². The van der Waals surface area contributed by atoms with Crippen LogP contribution in [0.4, 0.5) is 4.79 Å². The van der Waals surface area contributed by atoms with Gasteiger partial charge in [-0.15, -0.1) is 0 Å². The summed E-state index contributed by atoms with van der Waals surface area (Å²) in [7, 11) is 2.16. The lowest BCUT2D eigenvalue weighted by atomic mass is 9.86. The van der Waals surface area contributed by atoms with Crippen molar-refractivity contribution in [2.75, 3.05) is 39.8 Å². The van der Waals surface area contributed by atoms with Crippen molar-refractivity contribution in [3.05, 3.63) is 17.5 Å². The van der Waals surface area contributed by atoms with Gasteiger partial charge in [-0.3, -0.25) is 9.48 Å². The van der Waals surface area contributed by atoms with Gasteiger partial charge in [0.25, 0.3) is 5.91 Å². The van der Waals surface area contributed by atoms with E-state index in [-0.39, 0.29) is 6.03 Å². The maximum absolute atomic E-state index is 12.6. The smallest absolute Gasteiger partial charge is 0.317 e. The van der Waals surface area contributed by atoms with Crippen LogP contribution in [0.2, 0.25) is 0 Å². The number of amides is 3. The van der Waals surface area contributed by atoms with E-state index < -0.39 is 5.91 Å². The third-order valence-corrected chi connectivity index (χ3v) is 6.34. The van der Waals surface area contributed by atoms with Crippen molar-refractivity contribution in [2.24, 2.45) is 17.1 Å². The number of primary amides is 1. The molecular weight excluding hydrogens is 332 g/mol. The second-order valence-electron chi connectivity index (χ2n) is 8.30. The van der Waals surface area contributed by atoms with Crippen molar-refractivity contribution in [1.29, 1.82) is 0 Å². The van der Waals surface area contributed by atoms with Gasteiger partial charge >= 0.3 is 6.03 Å². The number of nitrogens with zero attached hydrogens (tertiary/aromatic N) is 4. The molecule has 2 atom stereocenters. The lowest BCUT2D eigenvalue weighted by Crippen LogP contribution is -2.43. The molecule has 8 heteroatoms. The van der Waals surface area contributed by atoms with Crippen LogP contribution < -0.4 is 11.1 Å². The van der Waals surface area contributed by atoms with Gasteiger partial charge in [-0.05, 0) is 45.2 Å². The molecule has 0 aliphatic carbocycles. The number of nitrogens with two attached hydrogens (primary N) is 1. The van der Waals surface area contributed by atoms with E-state index in [0.717, 1.165) is 57.7 Å². The summed E-state index contributed by atoms with van der Waals surface area (Å²) in [6.07, 6.45) is 5.53. The molecule has 8 nitrogen and oxygen atoms in total. The molecule has 0 saturated carbocycles. The van der Waals surface area contributed by atoms with E-state index in [9.17, 15) is 9.59 Å². The summed E-state index contributed by atoms with van der Waals surface area (Å²) in [5.74, 6) is -0.116. The van der Waals surface area contributed by atoms with E-state index >= 15 is 0 Å². The van der Waals surface area contributed by atoms with Crippen LogP contribution in [0.1, 0.15) is 35.3 Å². The van der Waals surface area contributed by atoms with E-state index in [1.54, 1.807) is 6.20 Å². The molecule has 2 fully saturated rings. The Morgan fingerprint density at radius 1 is 1.31 bits per heavy atom. The van der Waals surface area contributed by atoms with Gasteiger partial charge in [-0.2, -0.15) is 5.10 Å². The first kappa shape index (κ1) is 17.3. The van der Waals surface area contributed by atoms with Gasteiger partial charge in [0.15, 0.2) is 0 Å². The Labute approximate surface area is 153 Å². The predicted molar refractivity (Wildman–Crippen MR) is 96.7 cm³/mol. The number of nitrogens with one attached hydrogen (secondary N) is 1. The fourth-order valence-corrected chi connectivity index (χ4v) is 4.82. The molecule has 0 radical (unpaired) electrons. The van der Waals surface area contributed by atoms with E-state index in [1.165, 1.54) is 6.42 Å². The summed E-state index contributed by atoms with van der Waals surface area (Å²) in [5.41, 5.74) is 7.14. The molecule has 1 spiro atoms. The highest BCUT2D eigenvalue weighted by atomic mass is 16.2. The molecule has 1 aromatic rings. The number of hydrogen-bond donors (Lipinski definition) is 2. The lowest BCUT2D eigenvalue weighted by Gasteiger charge is -2.26. The summed E-state index contributed by atoms with van der Waals surface area (Å²) < 4.78 is 1.86. The van der Waals surface area contributed by atoms with E-state index in [4.69, 9.17) is 5.73 Å². The van der Waals surface area contributed by atoms with Gasteiger partial charge in [0.1, 0.15) is 0 Å². The van der Waals surface area contributed by atoms with Crippen LogP contribution in [0, 0.1) is 11.3 Å². The van der Waals surface area contributed by atoms with Gasteiger partial charge in [-0.25, -0.2) is 4.79 Å². The molecule has 3 aliphatic rings. The monoisotopic (exact) mass is 360 g/mol. The summed E-state index contributed by atoms with van der Waals surface area (Å²) in [4.78, 5) is 28.4. The topological polar surface area (TPSA) is 96.5 Å².